The lowest BCUT2D eigenvalue weighted by atomic mass is 10.1. The van der Waals surface area contributed by atoms with E-state index in [9.17, 15) is 0 Å². The number of rotatable bonds is 6. The van der Waals surface area contributed by atoms with Crippen LogP contribution in [0.25, 0.3) is 0 Å². The van der Waals surface area contributed by atoms with Gasteiger partial charge in [0.15, 0.2) is 0 Å². The minimum atomic E-state index is 0.295. The molecule has 1 unspecified atom stereocenters. The van der Waals surface area contributed by atoms with Crippen molar-refractivity contribution in [2.24, 2.45) is 0 Å². The Labute approximate surface area is 99.1 Å². The molecule has 2 aromatic heterocycles. The smallest absolute Gasteiger partial charge is 0.0993 e. The van der Waals surface area contributed by atoms with Crippen LogP contribution in [0.3, 0.4) is 0 Å². The first-order valence-electron chi connectivity index (χ1n) is 5.50. The Bertz CT molecular complexity index is 382. The molecule has 0 aliphatic heterocycles. The Morgan fingerprint density at radius 3 is 3.12 bits per heavy atom. The molecule has 0 spiro atoms. The van der Waals surface area contributed by atoms with Gasteiger partial charge in [-0.25, -0.2) is 0 Å². The van der Waals surface area contributed by atoms with E-state index in [0.717, 1.165) is 25.1 Å². The third-order valence-corrected chi connectivity index (χ3v) is 3.28. The summed E-state index contributed by atoms with van der Waals surface area (Å²) in [6.07, 6.45) is 3.92. The fourth-order valence-electron chi connectivity index (χ4n) is 1.73. The molecule has 2 heterocycles. The molecule has 86 valence electrons. The van der Waals surface area contributed by atoms with Crippen molar-refractivity contribution in [2.75, 3.05) is 6.54 Å². The fourth-order valence-corrected chi connectivity index (χ4v) is 2.43. The topological polar surface area (TPSA) is 53.6 Å². The van der Waals surface area contributed by atoms with Gasteiger partial charge in [0.2, 0.25) is 0 Å². The summed E-state index contributed by atoms with van der Waals surface area (Å²) in [6, 6.07) is 2.47. The number of nitrogens with zero attached hydrogens (tertiary/aromatic N) is 2. The standard InChI is InChI=1S/C11H16N4S/c1-2-12-10(11-7-13-15-14-11)4-3-9-5-6-16-8-9/h5-8,10,12H,2-4H2,1H3,(H,13,14,15). The molecule has 0 bridgehead atoms. The maximum atomic E-state index is 4.14. The predicted molar refractivity (Wildman–Crippen MR) is 65.4 cm³/mol. The molecule has 2 N–H and O–H groups in total. The normalized spacial score (nSPS) is 12.8. The second-order valence-electron chi connectivity index (χ2n) is 3.68. The molecule has 4 nitrogen and oxygen atoms in total. The third-order valence-electron chi connectivity index (χ3n) is 2.54. The van der Waals surface area contributed by atoms with Gasteiger partial charge in [0.05, 0.1) is 17.9 Å². The van der Waals surface area contributed by atoms with Gasteiger partial charge in [-0.1, -0.05) is 6.92 Å². The largest absolute Gasteiger partial charge is 0.309 e. The SMILES string of the molecule is CCNC(CCc1ccsc1)c1cn[nH]n1. The Morgan fingerprint density at radius 1 is 1.56 bits per heavy atom. The number of aromatic nitrogens is 3. The third kappa shape index (κ3) is 2.90. The van der Waals surface area contributed by atoms with Gasteiger partial charge in [0, 0.05) is 0 Å². The van der Waals surface area contributed by atoms with Crippen LogP contribution in [0.2, 0.25) is 0 Å². The van der Waals surface area contributed by atoms with Crippen molar-refractivity contribution in [3.8, 4) is 0 Å². The zero-order valence-electron chi connectivity index (χ0n) is 9.31. The Balaban J connectivity index is 1.93. The summed E-state index contributed by atoms with van der Waals surface area (Å²) in [5, 5.41) is 18.4. The number of hydrogen-bond donors (Lipinski definition) is 2. The number of nitrogens with one attached hydrogen (secondary N) is 2. The summed E-state index contributed by atoms with van der Waals surface area (Å²) >= 11 is 1.75. The van der Waals surface area contributed by atoms with E-state index in [1.165, 1.54) is 5.56 Å². The van der Waals surface area contributed by atoms with Crippen LogP contribution in [0.1, 0.15) is 30.6 Å². The number of hydrogen-bond acceptors (Lipinski definition) is 4. The highest BCUT2D eigenvalue weighted by Gasteiger charge is 2.12. The molecule has 0 radical (unpaired) electrons. The van der Waals surface area contributed by atoms with Crippen molar-refractivity contribution in [1.82, 2.24) is 20.7 Å². The Kier molecular flexibility index (Phi) is 4.07. The van der Waals surface area contributed by atoms with Crippen molar-refractivity contribution in [2.45, 2.75) is 25.8 Å². The van der Waals surface area contributed by atoms with Crippen LogP contribution in [0.4, 0.5) is 0 Å². The molecule has 0 saturated heterocycles. The van der Waals surface area contributed by atoms with Crippen molar-refractivity contribution in [3.05, 3.63) is 34.3 Å². The molecule has 0 amide bonds. The van der Waals surface area contributed by atoms with Crippen LogP contribution >= 0.6 is 11.3 Å². The van der Waals surface area contributed by atoms with E-state index >= 15 is 0 Å². The summed E-state index contributed by atoms with van der Waals surface area (Å²) < 4.78 is 0. The second-order valence-corrected chi connectivity index (χ2v) is 4.46. The van der Waals surface area contributed by atoms with E-state index in [4.69, 9.17) is 0 Å². The summed E-state index contributed by atoms with van der Waals surface area (Å²) in [5.74, 6) is 0. The van der Waals surface area contributed by atoms with Crippen LogP contribution < -0.4 is 5.32 Å². The van der Waals surface area contributed by atoms with Gasteiger partial charge in [0.25, 0.3) is 0 Å². The predicted octanol–water partition coefficient (Wildman–Crippen LogP) is 2.15. The molecule has 5 heteroatoms. The van der Waals surface area contributed by atoms with Crippen LogP contribution in [-0.2, 0) is 6.42 Å². The maximum absolute atomic E-state index is 4.14. The molecule has 0 fully saturated rings. The lowest BCUT2D eigenvalue weighted by Gasteiger charge is -2.14. The lowest BCUT2D eigenvalue weighted by molar-refractivity contribution is 0.503. The summed E-state index contributed by atoms with van der Waals surface area (Å²) in [5.41, 5.74) is 2.40. The van der Waals surface area contributed by atoms with Gasteiger partial charge in [-0.2, -0.15) is 26.7 Å². The zero-order valence-corrected chi connectivity index (χ0v) is 10.1. The molecule has 1 atom stereocenters. The second kappa shape index (κ2) is 5.77. The van der Waals surface area contributed by atoms with Crippen LogP contribution in [-0.4, -0.2) is 22.0 Å². The Morgan fingerprint density at radius 2 is 2.50 bits per heavy atom. The van der Waals surface area contributed by atoms with Gasteiger partial charge in [-0.3, -0.25) is 0 Å². The van der Waals surface area contributed by atoms with Gasteiger partial charge < -0.3 is 5.32 Å². The molecule has 2 aromatic rings. The van der Waals surface area contributed by atoms with E-state index < -0.39 is 0 Å². The molecule has 0 aliphatic rings. The number of H-pyrrole nitrogens is 1. The average Bonchev–Trinajstić information content (AvgIpc) is 2.96. The number of aryl methyl sites for hydroxylation is 1. The summed E-state index contributed by atoms with van der Waals surface area (Å²) in [4.78, 5) is 0. The zero-order chi connectivity index (χ0) is 11.2. The molecular weight excluding hydrogens is 220 g/mol. The molecular formula is C11H16N4S. The molecule has 2 rings (SSSR count). The van der Waals surface area contributed by atoms with E-state index in [0.29, 0.717) is 6.04 Å². The van der Waals surface area contributed by atoms with E-state index in [1.54, 1.807) is 17.5 Å². The average molecular weight is 236 g/mol. The highest BCUT2D eigenvalue weighted by molar-refractivity contribution is 7.07. The minimum Gasteiger partial charge on any atom is -0.309 e. The highest BCUT2D eigenvalue weighted by atomic mass is 32.1. The van der Waals surface area contributed by atoms with E-state index in [-0.39, 0.29) is 0 Å². The van der Waals surface area contributed by atoms with Crippen molar-refractivity contribution in [1.29, 1.82) is 0 Å². The lowest BCUT2D eigenvalue weighted by Crippen LogP contribution is -2.21. The summed E-state index contributed by atoms with van der Waals surface area (Å²) in [7, 11) is 0. The summed E-state index contributed by atoms with van der Waals surface area (Å²) in [6.45, 7) is 3.05. The molecule has 0 aromatic carbocycles. The Hall–Kier alpha value is -1.20. The number of thiophene rings is 1. The highest BCUT2D eigenvalue weighted by Crippen LogP contribution is 2.17. The maximum Gasteiger partial charge on any atom is 0.0993 e. The van der Waals surface area contributed by atoms with Crippen LogP contribution in [0.5, 0.6) is 0 Å². The van der Waals surface area contributed by atoms with Gasteiger partial charge in [-0.15, -0.1) is 0 Å². The van der Waals surface area contributed by atoms with Crippen molar-refractivity contribution in [3.63, 3.8) is 0 Å². The van der Waals surface area contributed by atoms with Gasteiger partial charge in [-0.05, 0) is 41.8 Å². The first kappa shape index (κ1) is 11.3. The first-order valence-corrected chi connectivity index (χ1v) is 6.44. The van der Waals surface area contributed by atoms with Crippen LogP contribution in [0, 0.1) is 0 Å². The van der Waals surface area contributed by atoms with Gasteiger partial charge in [0.1, 0.15) is 0 Å². The fraction of sp³-hybridized carbons (Fsp3) is 0.455. The van der Waals surface area contributed by atoms with E-state index in [2.05, 4.69) is 44.5 Å². The molecule has 0 aliphatic carbocycles. The molecule has 16 heavy (non-hydrogen) atoms. The number of aromatic amines is 1. The molecule has 0 saturated carbocycles. The minimum absolute atomic E-state index is 0.295. The van der Waals surface area contributed by atoms with Crippen LogP contribution in [0.15, 0.2) is 23.0 Å². The first-order chi connectivity index (χ1) is 7.90. The monoisotopic (exact) mass is 236 g/mol. The van der Waals surface area contributed by atoms with E-state index in [1.807, 2.05) is 0 Å². The van der Waals surface area contributed by atoms with Gasteiger partial charge >= 0.3 is 0 Å². The quantitative estimate of drug-likeness (QED) is 0.808. The van der Waals surface area contributed by atoms with Crippen molar-refractivity contribution < 1.29 is 0 Å². The van der Waals surface area contributed by atoms with Crippen molar-refractivity contribution >= 4 is 11.3 Å².